The lowest BCUT2D eigenvalue weighted by molar-refractivity contribution is 0.695. The molecule has 0 aromatic carbocycles. The molecule has 0 saturated heterocycles. The van der Waals surface area contributed by atoms with Gasteiger partial charge >= 0.3 is 0 Å². The van der Waals surface area contributed by atoms with Gasteiger partial charge in [-0.25, -0.2) is 0 Å². The first-order valence-corrected chi connectivity index (χ1v) is 5.11. The average molecular weight is 168 g/mol. The first-order chi connectivity index (χ1) is 5.31. The fourth-order valence-electron chi connectivity index (χ4n) is 1.32. The Morgan fingerprint density at radius 2 is 2.36 bits per heavy atom. The van der Waals surface area contributed by atoms with Gasteiger partial charge in [-0.05, 0) is 25.2 Å². The zero-order chi connectivity index (χ0) is 7.84. The predicted octanol–water partition coefficient (Wildman–Crippen LogP) is 2.02. The number of rotatable bonds is 2. The van der Waals surface area contributed by atoms with Crippen LogP contribution in [0.5, 0.6) is 0 Å². The summed E-state index contributed by atoms with van der Waals surface area (Å²) in [7, 11) is 2.04. The summed E-state index contributed by atoms with van der Waals surface area (Å²) in [5, 5.41) is 5.52. The van der Waals surface area contributed by atoms with E-state index in [9.17, 15) is 0 Å². The first-order valence-electron chi connectivity index (χ1n) is 3.89. The number of hydrogen-bond acceptors (Lipinski definition) is 2. The van der Waals surface area contributed by atoms with Crippen LogP contribution in [0.4, 0.5) is 0 Å². The highest BCUT2D eigenvalue weighted by molar-refractivity contribution is 7.98. The second-order valence-corrected chi connectivity index (χ2v) is 3.84. The van der Waals surface area contributed by atoms with E-state index in [-0.39, 0.29) is 0 Å². The maximum Gasteiger partial charge on any atom is 0.118 e. The lowest BCUT2D eigenvalue weighted by Crippen LogP contribution is -1.95. The van der Waals surface area contributed by atoms with E-state index in [1.807, 2.05) is 11.7 Å². The Balaban J connectivity index is 2.30. The normalized spacial score (nSPS) is 17.3. The molecule has 0 aliphatic heterocycles. The van der Waals surface area contributed by atoms with Gasteiger partial charge in [0.1, 0.15) is 5.03 Å². The van der Waals surface area contributed by atoms with Gasteiger partial charge in [-0.15, -0.1) is 11.8 Å². The topological polar surface area (TPSA) is 17.8 Å². The zero-order valence-corrected chi connectivity index (χ0v) is 7.69. The van der Waals surface area contributed by atoms with E-state index in [1.54, 1.807) is 11.8 Å². The van der Waals surface area contributed by atoms with Crippen LogP contribution < -0.4 is 0 Å². The Morgan fingerprint density at radius 1 is 1.64 bits per heavy atom. The van der Waals surface area contributed by atoms with Crippen LogP contribution in [0.2, 0.25) is 0 Å². The molecule has 0 spiro atoms. The van der Waals surface area contributed by atoms with Crippen molar-refractivity contribution in [2.24, 2.45) is 7.05 Å². The average Bonchev–Trinajstić information content (AvgIpc) is 2.76. The SMILES string of the molecule is CSc1cc(C2CC2)n(C)n1. The number of thioether (sulfide) groups is 1. The Kier molecular flexibility index (Phi) is 1.68. The van der Waals surface area contributed by atoms with Crippen LogP contribution >= 0.6 is 11.8 Å². The van der Waals surface area contributed by atoms with E-state index in [1.165, 1.54) is 18.5 Å². The molecular formula is C8H12N2S. The maximum atomic E-state index is 4.37. The molecule has 1 heterocycles. The van der Waals surface area contributed by atoms with Gasteiger partial charge in [-0.2, -0.15) is 5.10 Å². The summed E-state index contributed by atoms with van der Waals surface area (Å²) in [5.74, 6) is 0.813. The van der Waals surface area contributed by atoms with Gasteiger partial charge < -0.3 is 0 Å². The van der Waals surface area contributed by atoms with Crippen LogP contribution in [0.15, 0.2) is 11.1 Å². The molecule has 60 valence electrons. The highest BCUT2D eigenvalue weighted by Gasteiger charge is 2.26. The van der Waals surface area contributed by atoms with Crippen molar-refractivity contribution in [2.75, 3.05) is 6.26 Å². The lowest BCUT2D eigenvalue weighted by Gasteiger charge is -1.94. The van der Waals surface area contributed by atoms with Gasteiger partial charge in [0.2, 0.25) is 0 Å². The third-order valence-electron chi connectivity index (χ3n) is 2.10. The summed E-state index contributed by atoms with van der Waals surface area (Å²) >= 11 is 1.72. The first kappa shape index (κ1) is 7.22. The van der Waals surface area contributed by atoms with E-state index in [2.05, 4.69) is 17.4 Å². The van der Waals surface area contributed by atoms with Crippen LogP contribution in [0.25, 0.3) is 0 Å². The number of aryl methyl sites for hydroxylation is 1. The van der Waals surface area contributed by atoms with Gasteiger partial charge in [0.15, 0.2) is 0 Å². The Bertz CT molecular complexity index is 263. The Morgan fingerprint density at radius 3 is 2.82 bits per heavy atom. The van der Waals surface area contributed by atoms with Crippen molar-refractivity contribution < 1.29 is 0 Å². The standard InChI is InChI=1S/C8H12N2S/c1-10-7(6-3-4-6)5-8(9-10)11-2/h5-6H,3-4H2,1-2H3. The zero-order valence-electron chi connectivity index (χ0n) is 6.87. The second kappa shape index (κ2) is 2.55. The Hall–Kier alpha value is -0.440. The monoisotopic (exact) mass is 168 g/mol. The molecule has 0 atom stereocenters. The molecule has 0 radical (unpaired) electrons. The van der Waals surface area contributed by atoms with Crippen molar-refractivity contribution in [2.45, 2.75) is 23.8 Å². The quantitative estimate of drug-likeness (QED) is 0.629. The van der Waals surface area contributed by atoms with Crippen molar-refractivity contribution in [1.29, 1.82) is 0 Å². The van der Waals surface area contributed by atoms with Crippen molar-refractivity contribution >= 4 is 11.8 Å². The van der Waals surface area contributed by atoms with Gasteiger partial charge in [0, 0.05) is 18.7 Å². The third-order valence-corrected chi connectivity index (χ3v) is 2.72. The van der Waals surface area contributed by atoms with E-state index in [0.29, 0.717) is 0 Å². The van der Waals surface area contributed by atoms with Crippen LogP contribution in [0.1, 0.15) is 24.5 Å². The molecule has 1 aliphatic carbocycles. The summed E-state index contributed by atoms with van der Waals surface area (Å²) in [6.07, 6.45) is 4.78. The van der Waals surface area contributed by atoms with E-state index in [0.717, 1.165) is 10.9 Å². The van der Waals surface area contributed by atoms with Gasteiger partial charge in [0.25, 0.3) is 0 Å². The summed E-state index contributed by atoms with van der Waals surface area (Å²) in [4.78, 5) is 0. The van der Waals surface area contributed by atoms with Gasteiger partial charge in [-0.3, -0.25) is 4.68 Å². The smallest absolute Gasteiger partial charge is 0.118 e. The van der Waals surface area contributed by atoms with Crippen LogP contribution in [-0.4, -0.2) is 16.0 Å². The summed E-state index contributed by atoms with van der Waals surface area (Å²) in [5.41, 5.74) is 1.41. The lowest BCUT2D eigenvalue weighted by atomic mass is 10.3. The summed E-state index contributed by atoms with van der Waals surface area (Å²) in [6.45, 7) is 0. The molecule has 0 bridgehead atoms. The van der Waals surface area contributed by atoms with Crippen molar-refractivity contribution in [3.8, 4) is 0 Å². The maximum absolute atomic E-state index is 4.37. The van der Waals surface area contributed by atoms with Gasteiger partial charge in [-0.1, -0.05) is 0 Å². The van der Waals surface area contributed by atoms with Gasteiger partial charge in [0.05, 0.1) is 0 Å². The number of aromatic nitrogens is 2. The van der Waals surface area contributed by atoms with Crippen molar-refractivity contribution in [1.82, 2.24) is 9.78 Å². The van der Waals surface area contributed by atoms with E-state index >= 15 is 0 Å². The molecule has 2 rings (SSSR count). The molecular weight excluding hydrogens is 156 g/mol. The van der Waals surface area contributed by atoms with Crippen LogP contribution in [-0.2, 0) is 7.05 Å². The fraction of sp³-hybridized carbons (Fsp3) is 0.625. The molecule has 0 amide bonds. The highest BCUT2D eigenvalue weighted by atomic mass is 32.2. The minimum atomic E-state index is 0.813. The van der Waals surface area contributed by atoms with Crippen LogP contribution in [0.3, 0.4) is 0 Å². The largest absolute Gasteiger partial charge is 0.271 e. The molecule has 1 aromatic heterocycles. The van der Waals surface area contributed by atoms with E-state index in [4.69, 9.17) is 0 Å². The minimum Gasteiger partial charge on any atom is -0.271 e. The molecule has 3 heteroatoms. The molecule has 2 nitrogen and oxygen atoms in total. The fourth-order valence-corrected chi connectivity index (χ4v) is 1.76. The molecule has 0 unspecified atom stereocenters. The molecule has 1 aromatic rings. The molecule has 1 saturated carbocycles. The van der Waals surface area contributed by atoms with Crippen LogP contribution in [0, 0.1) is 0 Å². The molecule has 0 N–H and O–H groups in total. The second-order valence-electron chi connectivity index (χ2n) is 3.01. The van der Waals surface area contributed by atoms with E-state index < -0.39 is 0 Å². The molecule has 1 aliphatic rings. The molecule has 11 heavy (non-hydrogen) atoms. The van der Waals surface area contributed by atoms with Crippen molar-refractivity contribution in [3.63, 3.8) is 0 Å². The summed E-state index contributed by atoms with van der Waals surface area (Å²) in [6, 6.07) is 2.21. The molecule has 1 fully saturated rings. The Labute approximate surface area is 71.0 Å². The predicted molar refractivity (Wildman–Crippen MR) is 47.0 cm³/mol. The third kappa shape index (κ3) is 1.29. The highest BCUT2D eigenvalue weighted by Crippen LogP contribution is 2.40. The number of hydrogen-bond donors (Lipinski definition) is 0. The van der Waals surface area contributed by atoms with Crippen molar-refractivity contribution in [3.05, 3.63) is 11.8 Å². The summed E-state index contributed by atoms with van der Waals surface area (Å²) < 4.78 is 2.02. The number of nitrogens with zero attached hydrogens (tertiary/aromatic N) is 2. The minimum absolute atomic E-state index is 0.813.